The van der Waals surface area contributed by atoms with Crippen molar-refractivity contribution in [1.82, 2.24) is 9.97 Å². The lowest BCUT2D eigenvalue weighted by atomic mass is 10.0. The highest BCUT2D eigenvalue weighted by Crippen LogP contribution is 2.40. The first-order valence-corrected chi connectivity index (χ1v) is 14.7. The number of benzene rings is 6. The molecule has 3 aromatic heterocycles. The Kier molecular flexibility index (Phi) is 5.47. The van der Waals surface area contributed by atoms with E-state index >= 15 is 0 Å². The van der Waals surface area contributed by atoms with E-state index in [1.165, 1.54) is 5.39 Å². The van der Waals surface area contributed by atoms with E-state index in [1.54, 1.807) is 0 Å². The van der Waals surface area contributed by atoms with Crippen LogP contribution in [-0.2, 0) is 0 Å². The molecule has 9 aromatic rings. The number of para-hydroxylation sites is 2. The summed E-state index contributed by atoms with van der Waals surface area (Å²) < 4.78 is 6.22. The van der Waals surface area contributed by atoms with Crippen molar-refractivity contribution in [1.29, 1.82) is 0 Å². The highest BCUT2D eigenvalue weighted by atomic mass is 16.3. The van der Waals surface area contributed by atoms with Crippen LogP contribution in [0.3, 0.4) is 0 Å². The summed E-state index contributed by atoms with van der Waals surface area (Å²) in [5.41, 5.74) is 8.07. The lowest BCUT2D eigenvalue weighted by Crippen LogP contribution is -2.11. The summed E-state index contributed by atoms with van der Waals surface area (Å²) in [5, 5.41) is 6.80. The first kappa shape index (κ1) is 24.6. The Labute approximate surface area is 253 Å². The van der Waals surface area contributed by atoms with Crippen molar-refractivity contribution in [3.8, 4) is 11.1 Å². The Hall–Kier alpha value is -6.00. The molecule has 0 saturated carbocycles. The molecule has 0 saturated heterocycles. The van der Waals surface area contributed by atoms with Crippen molar-refractivity contribution in [3.63, 3.8) is 0 Å². The third-order valence-corrected chi connectivity index (χ3v) is 8.46. The van der Waals surface area contributed by atoms with Crippen LogP contribution < -0.4 is 4.90 Å². The van der Waals surface area contributed by atoms with Gasteiger partial charge in [0.25, 0.3) is 0 Å². The molecule has 0 radical (unpaired) electrons. The minimum absolute atomic E-state index is 0.854. The molecule has 0 N–H and O–H groups in total. The smallest absolute Gasteiger partial charge is 0.138 e. The van der Waals surface area contributed by atoms with Crippen LogP contribution in [-0.4, -0.2) is 9.97 Å². The van der Waals surface area contributed by atoms with Gasteiger partial charge in [-0.3, -0.25) is 9.88 Å². The van der Waals surface area contributed by atoms with Crippen molar-refractivity contribution in [3.05, 3.63) is 152 Å². The first-order valence-electron chi connectivity index (χ1n) is 14.7. The van der Waals surface area contributed by atoms with Crippen LogP contribution in [0.2, 0.25) is 0 Å². The van der Waals surface area contributed by atoms with Gasteiger partial charge < -0.3 is 4.42 Å². The molecular weight excluding hydrogens is 538 g/mol. The number of hydrogen-bond acceptors (Lipinski definition) is 4. The van der Waals surface area contributed by atoms with Crippen LogP contribution in [0.4, 0.5) is 17.2 Å². The number of rotatable bonds is 4. The molecule has 0 amide bonds. The SMILES string of the molecule is c1ccc(N(c2ccc3ccc4oc5ccccc5c4c3c2)c2ccc3ccc(-c4ccc5ncccc5c4)cc3n2)cc1. The van der Waals surface area contributed by atoms with Gasteiger partial charge in [0, 0.05) is 39.1 Å². The summed E-state index contributed by atoms with van der Waals surface area (Å²) >= 11 is 0. The fourth-order valence-electron chi connectivity index (χ4n) is 6.33. The van der Waals surface area contributed by atoms with Gasteiger partial charge in [0.05, 0.1) is 11.0 Å². The van der Waals surface area contributed by atoms with Crippen LogP contribution in [0, 0.1) is 0 Å². The molecule has 206 valence electrons. The van der Waals surface area contributed by atoms with Crippen LogP contribution in [0.25, 0.3) is 65.6 Å². The van der Waals surface area contributed by atoms with Crippen molar-refractivity contribution in [2.45, 2.75) is 0 Å². The second-order valence-corrected chi connectivity index (χ2v) is 11.1. The van der Waals surface area contributed by atoms with E-state index in [-0.39, 0.29) is 0 Å². The molecule has 44 heavy (non-hydrogen) atoms. The lowest BCUT2D eigenvalue weighted by Gasteiger charge is -2.25. The largest absolute Gasteiger partial charge is 0.456 e. The predicted octanol–water partition coefficient (Wildman–Crippen LogP) is 11.0. The molecule has 0 bridgehead atoms. The summed E-state index contributed by atoms with van der Waals surface area (Å²) in [6.45, 7) is 0. The molecule has 0 spiro atoms. The maximum atomic E-state index is 6.22. The molecule has 3 heterocycles. The topological polar surface area (TPSA) is 42.2 Å². The zero-order chi connectivity index (χ0) is 29.0. The van der Waals surface area contributed by atoms with Gasteiger partial charge in [-0.15, -0.1) is 0 Å². The van der Waals surface area contributed by atoms with E-state index < -0.39 is 0 Å². The normalized spacial score (nSPS) is 11.6. The summed E-state index contributed by atoms with van der Waals surface area (Å²) in [5.74, 6) is 0.854. The number of aromatic nitrogens is 2. The maximum Gasteiger partial charge on any atom is 0.138 e. The van der Waals surface area contributed by atoms with Crippen molar-refractivity contribution >= 4 is 71.7 Å². The van der Waals surface area contributed by atoms with Crippen LogP contribution in [0.15, 0.2) is 156 Å². The fourth-order valence-corrected chi connectivity index (χ4v) is 6.33. The molecule has 4 nitrogen and oxygen atoms in total. The standard InChI is InChI=1S/C40H25N3O/c1-2-8-31(9-3-1)43(32-18-14-26-16-20-38-40(34(26)25-32)33-10-4-5-11-37(33)44-38)39-21-17-27-12-13-29(24-36(27)42-39)28-15-19-35-30(23-28)7-6-22-41-35/h1-25H. The number of furan rings is 1. The van der Waals surface area contributed by atoms with Gasteiger partial charge in [-0.2, -0.15) is 0 Å². The Morgan fingerprint density at radius 1 is 0.477 bits per heavy atom. The van der Waals surface area contributed by atoms with Gasteiger partial charge in [0.15, 0.2) is 0 Å². The quantitative estimate of drug-likeness (QED) is 0.214. The molecule has 0 aliphatic rings. The van der Waals surface area contributed by atoms with Gasteiger partial charge in [0.2, 0.25) is 0 Å². The molecule has 4 heteroatoms. The highest BCUT2D eigenvalue weighted by Gasteiger charge is 2.17. The van der Waals surface area contributed by atoms with Gasteiger partial charge in [-0.05, 0) is 94.7 Å². The minimum atomic E-state index is 0.854. The molecule has 9 rings (SSSR count). The van der Waals surface area contributed by atoms with E-state index in [1.807, 2.05) is 30.5 Å². The fraction of sp³-hybridized carbons (Fsp3) is 0. The van der Waals surface area contributed by atoms with Gasteiger partial charge >= 0.3 is 0 Å². The molecule has 0 fully saturated rings. The molecular formula is C40H25N3O. The van der Waals surface area contributed by atoms with E-state index in [4.69, 9.17) is 9.40 Å². The first-order chi connectivity index (χ1) is 21.8. The van der Waals surface area contributed by atoms with Gasteiger partial charge in [-0.1, -0.05) is 72.8 Å². The Balaban J connectivity index is 1.22. The number of hydrogen-bond donors (Lipinski definition) is 0. The Morgan fingerprint density at radius 3 is 2.23 bits per heavy atom. The number of pyridine rings is 2. The molecule has 0 unspecified atom stereocenters. The van der Waals surface area contributed by atoms with Crippen molar-refractivity contribution in [2.75, 3.05) is 4.90 Å². The minimum Gasteiger partial charge on any atom is -0.456 e. The number of anilines is 3. The summed E-state index contributed by atoms with van der Waals surface area (Å²) in [4.78, 5) is 12.0. The van der Waals surface area contributed by atoms with Crippen LogP contribution in [0.1, 0.15) is 0 Å². The molecule has 6 aromatic carbocycles. The van der Waals surface area contributed by atoms with Gasteiger partial charge in [0.1, 0.15) is 17.0 Å². The molecule has 0 aliphatic carbocycles. The van der Waals surface area contributed by atoms with E-state index in [0.29, 0.717) is 0 Å². The number of nitrogens with zero attached hydrogens (tertiary/aromatic N) is 3. The third-order valence-electron chi connectivity index (χ3n) is 8.46. The average Bonchev–Trinajstić information content (AvgIpc) is 3.48. The highest BCUT2D eigenvalue weighted by molar-refractivity contribution is 6.19. The monoisotopic (exact) mass is 563 g/mol. The number of fused-ring (bicyclic) bond motifs is 7. The third kappa shape index (κ3) is 4.00. The Morgan fingerprint density at radius 2 is 1.27 bits per heavy atom. The lowest BCUT2D eigenvalue weighted by molar-refractivity contribution is 0.669. The summed E-state index contributed by atoms with van der Waals surface area (Å²) in [7, 11) is 0. The van der Waals surface area contributed by atoms with Crippen LogP contribution >= 0.6 is 0 Å². The maximum absolute atomic E-state index is 6.22. The van der Waals surface area contributed by atoms with E-state index in [9.17, 15) is 0 Å². The summed E-state index contributed by atoms with van der Waals surface area (Å²) in [6.07, 6.45) is 1.83. The summed E-state index contributed by atoms with van der Waals surface area (Å²) in [6, 6.07) is 50.8. The average molecular weight is 564 g/mol. The van der Waals surface area contributed by atoms with E-state index in [0.717, 1.165) is 77.5 Å². The van der Waals surface area contributed by atoms with Crippen molar-refractivity contribution < 1.29 is 4.42 Å². The zero-order valence-electron chi connectivity index (χ0n) is 23.7. The second-order valence-electron chi connectivity index (χ2n) is 11.1. The predicted molar refractivity (Wildman–Crippen MR) is 182 cm³/mol. The second kappa shape index (κ2) is 9.79. The zero-order valence-corrected chi connectivity index (χ0v) is 23.7. The van der Waals surface area contributed by atoms with Crippen molar-refractivity contribution in [2.24, 2.45) is 0 Å². The molecule has 0 atom stereocenters. The van der Waals surface area contributed by atoms with Crippen LogP contribution in [0.5, 0.6) is 0 Å². The van der Waals surface area contributed by atoms with Gasteiger partial charge in [-0.25, -0.2) is 4.98 Å². The van der Waals surface area contributed by atoms with E-state index in [2.05, 4.69) is 131 Å². The Bertz CT molecular complexity index is 2520. The molecule has 0 aliphatic heterocycles.